The maximum atomic E-state index is 10.4. The predicted octanol–water partition coefficient (Wildman–Crippen LogP) is 4.26. The van der Waals surface area contributed by atoms with E-state index in [0.29, 0.717) is 18.1 Å². The lowest BCUT2D eigenvalue weighted by molar-refractivity contribution is -0.0756. The van der Waals surface area contributed by atoms with E-state index in [-0.39, 0.29) is 5.41 Å². The Morgan fingerprint density at radius 3 is 2.67 bits per heavy atom. The fraction of sp³-hybridized carbons (Fsp3) is 0.684. The number of hydrogen-bond donors (Lipinski definition) is 1. The van der Waals surface area contributed by atoms with Crippen molar-refractivity contribution in [1.82, 2.24) is 0 Å². The Hall–Kier alpha value is -0.860. The first kappa shape index (κ1) is 15.1. The van der Waals surface area contributed by atoms with E-state index in [0.717, 1.165) is 17.9 Å². The Morgan fingerprint density at radius 2 is 2.10 bits per heavy atom. The van der Waals surface area contributed by atoms with Crippen LogP contribution < -0.4 is 0 Å². The van der Waals surface area contributed by atoms with Crippen molar-refractivity contribution in [3.05, 3.63) is 35.4 Å². The van der Waals surface area contributed by atoms with E-state index in [1.807, 2.05) is 18.2 Å². The molecular weight excluding hydrogens is 260 g/mol. The second kappa shape index (κ2) is 5.10. The molecule has 2 fully saturated rings. The van der Waals surface area contributed by atoms with Crippen molar-refractivity contribution < 1.29 is 9.84 Å². The van der Waals surface area contributed by atoms with E-state index in [1.165, 1.54) is 18.4 Å². The lowest BCUT2D eigenvalue weighted by atomic mass is 9.70. The molecule has 2 aliphatic carbocycles. The number of rotatable bonds is 4. The van der Waals surface area contributed by atoms with Crippen molar-refractivity contribution in [2.45, 2.75) is 59.2 Å². The van der Waals surface area contributed by atoms with Crippen LogP contribution in [0.15, 0.2) is 24.3 Å². The van der Waals surface area contributed by atoms with Gasteiger partial charge in [-0.25, -0.2) is 0 Å². The van der Waals surface area contributed by atoms with Crippen LogP contribution in [0, 0.1) is 23.7 Å². The molecular formula is C19H28O2. The smallest absolute Gasteiger partial charge is 0.102 e. The maximum Gasteiger partial charge on any atom is 0.102 e. The molecule has 0 aliphatic heterocycles. The van der Waals surface area contributed by atoms with Crippen molar-refractivity contribution in [2.24, 2.45) is 16.7 Å². The van der Waals surface area contributed by atoms with Crippen LogP contribution in [0.4, 0.5) is 0 Å². The molecule has 2 bridgehead atoms. The van der Waals surface area contributed by atoms with Crippen LogP contribution in [-0.2, 0) is 4.74 Å². The van der Waals surface area contributed by atoms with E-state index in [2.05, 4.69) is 33.8 Å². The Bertz CT molecular complexity index is 522. The highest BCUT2D eigenvalue weighted by atomic mass is 16.5. The van der Waals surface area contributed by atoms with Gasteiger partial charge in [0, 0.05) is 0 Å². The molecule has 116 valence electrons. The van der Waals surface area contributed by atoms with Crippen molar-refractivity contribution in [3.8, 4) is 0 Å². The number of hydrogen-bond acceptors (Lipinski definition) is 2. The summed E-state index contributed by atoms with van der Waals surface area (Å²) < 4.78 is 6.18. The third-order valence-electron chi connectivity index (χ3n) is 6.60. The molecule has 21 heavy (non-hydrogen) atoms. The van der Waals surface area contributed by atoms with Gasteiger partial charge < -0.3 is 9.84 Å². The quantitative estimate of drug-likeness (QED) is 0.897. The van der Waals surface area contributed by atoms with E-state index >= 15 is 0 Å². The molecule has 3 rings (SSSR count). The topological polar surface area (TPSA) is 29.5 Å². The molecule has 2 heteroatoms. The highest BCUT2D eigenvalue weighted by molar-refractivity contribution is 5.24. The van der Waals surface area contributed by atoms with E-state index in [4.69, 9.17) is 4.74 Å². The molecule has 4 atom stereocenters. The van der Waals surface area contributed by atoms with Gasteiger partial charge in [0.05, 0.1) is 12.7 Å². The average Bonchev–Trinajstić information content (AvgIpc) is 2.77. The monoisotopic (exact) mass is 288 g/mol. The lowest BCUT2D eigenvalue weighted by Gasteiger charge is -2.39. The molecule has 1 aromatic rings. The number of aryl methyl sites for hydroxylation is 1. The highest BCUT2D eigenvalue weighted by Crippen LogP contribution is 2.66. The van der Waals surface area contributed by atoms with Crippen LogP contribution in [0.2, 0.25) is 0 Å². The molecule has 0 heterocycles. The van der Waals surface area contributed by atoms with Gasteiger partial charge in [-0.3, -0.25) is 0 Å². The van der Waals surface area contributed by atoms with Crippen molar-refractivity contribution in [1.29, 1.82) is 0 Å². The van der Waals surface area contributed by atoms with Crippen LogP contribution in [0.5, 0.6) is 0 Å². The highest BCUT2D eigenvalue weighted by Gasteiger charge is 2.61. The van der Waals surface area contributed by atoms with Crippen molar-refractivity contribution in [2.75, 3.05) is 6.61 Å². The summed E-state index contributed by atoms with van der Waals surface area (Å²) in [5.41, 5.74) is 2.78. The van der Waals surface area contributed by atoms with Gasteiger partial charge in [-0.1, -0.05) is 50.6 Å². The molecule has 0 saturated heterocycles. The van der Waals surface area contributed by atoms with Gasteiger partial charge in [-0.15, -0.1) is 0 Å². The molecule has 1 N–H and O–H groups in total. The summed E-state index contributed by atoms with van der Waals surface area (Å²) in [6.45, 7) is 9.63. The summed E-state index contributed by atoms with van der Waals surface area (Å²) in [6.07, 6.45) is 3.53. The van der Waals surface area contributed by atoms with Gasteiger partial charge in [-0.2, -0.15) is 0 Å². The predicted molar refractivity (Wildman–Crippen MR) is 85.1 cm³/mol. The first-order valence-corrected chi connectivity index (χ1v) is 8.21. The molecule has 0 amide bonds. The molecule has 0 spiro atoms. The average molecular weight is 288 g/mol. The zero-order valence-corrected chi connectivity index (χ0v) is 13.7. The van der Waals surface area contributed by atoms with Gasteiger partial charge in [0.2, 0.25) is 0 Å². The number of aliphatic hydroxyl groups excluding tert-OH is 1. The zero-order valence-electron chi connectivity index (χ0n) is 13.7. The Morgan fingerprint density at radius 1 is 1.33 bits per heavy atom. The molecule has 0 aromatic heterocycles. The summed E-state index contributed by atoms with van der Waals surface area (Å²) in [7, 11) is 0. The zero-order chi connectivity index (χ0) is 15.3. The summed E-state index contributed by atoms with van der Waals surface area (Å²) in [5, 5.41) is 10.4. The van der Waals surface area contributed by atoms with Crippen LogP contribution in [-0.4, -0.2) is 17.8 Å². The minimum Gasteiger partial charge on any atom is -0.386 e. The fourth-order valence-electron chi connectivity index (χ4n) is 4.56. The third-order valence-corrected chi connectivity index (χ3v) is 6.60. The summed E-state index contributed by atoms with van der Waals surface area (Å²) in [4.78, 5) is 0. The number of aliphatic hydroxyl groups is 1. The van der Waals surface area contributed by atoms with Gasteiger partial charge in [0.1, 0.15) is 6.10 Å². The fourth-order valence-corrected chi connectivity index (χ4v) is 4.56. The minimum atomic E-state index is -0.518. The number of benzene rings is 1. The van der Waals surface area contributed by atoms with Gasteiger partial charge in [-0.05, 0) is 48.5 Å². The van der Waals surface area contributed by atoms with E-state index in [9.17, 15) is 5.11 Å². The molecule has 2 aliphatic rings. The summed E-state index contributed by atoms with van der Waals surface area (Å²) in [5.74, 6) is 0.781. The van der Waals surface area contributed by atoms with Crippen LogP contribution in [0.1, 0.15) is 57.3 Å². The van der Waals surface area contributed by atoms with Crippen LogP contribution in [0.25, 0.3) is 0 Å². The Kier molecular flexibility index (Phi) is 3.66. The first-order chi connectivity index (χ1) is 9.84. The molecule has 2 saturated carbocycles. The molecule has 4 unspecified atom stereocenters. The molecule has 1 aromatic carbocycles. The molecule has 0 radical (unpaired) electrons. The van der Waals surface area contributed by atoms with Gasteiger partial charge >= 0.3 is 0 Å². The largest absolute Gasteiger partial charge is 0.386 e. The number of fused-ring (bicyclic) bond motifs is 2. The lowest BCUT2D eigenvalue weighted by Crippen LogP contribution is -2.37. The number of ether oxygens (including phenoxy) is 1. The minimum absolute atomic E-state index is 0.268. The normalized spacial score (nSPS) is 35.1. The van der Waals surface area contributed by atoms with E-state index in [1.54, 1.807) is 0 Å². The van der Waals surface area contributed by atoms with Gasteiger partial charge in [0.25, 0.3) is 0 Å². The maximum absolute atomic E-state index is 10.4. The van der Waals surface area contributed by atoms with Crippen molar-refractivity contribution in [3.63, 3.8) is 0 Å². The van der Waals surface area contributed by atoms with Crippen LogP contribution in [0.3, 0.4) is 0 Å². The van der Waals surface area contributed by atoms with Crippen molar-refractivity contribution >= 4 is 0 Å². The Balaban J connectivity index is 1.64. The van der Waals surface area contributed by atoms with Crippen LogP contribution >= 0.6 is 0 Å². The van der Waals surface area contributed by atoms with Gasteiger partial charge in [0.15, 0.2) is 0 Å². The second-order valence-electron chi connectivity index (χ2n) is 7.86. The summed E-state index contributed by atoms with van der Waals surface area (Å²) >= 11 is 0. The SMILES string of the molecule is Cc1cccc(C(O)COC2CC3CCC2(C)C3(C)C)c1. The van der Waals surface area contributed by atoms with E-state index < -0.39 is 6.10 Å². The standard InChI is InChI=1S/C19H28O2/c1-13-6-5-7-14(10-13)16(20)12-21-17-11-15-8-9-19(17,4)18(15,2)3/h5-7,10,15-17,20H,8-9,11-12H2,1-4H3. The molecule has 2 nitrogen and oxygen atoms in total. The second-order valence-corrected chi connectivity index (χ2v) is 7.86. The third kappa shape index (κ3) is 2.33. The summed E-state index contributed by atoms with van der Waals surface area (Å²) in [6, 6.07) is 8.07. The Labute approximate surface area is 128 Å². The first-order valence-electron chi connectivity index (χ1n) is 8.21.